The number of hydrazine groups is 1. The molecule has 0 aliphatic carbocycles. The van der Waals surface area contributed by atoms with Crippen molar-refractivity contribution in [1.29, 1.82) is 0 Å². The van der Waals surface area contributed by atoms with Crippen LogP contribution in [0, 0.1) is 12.7 Å². The molecule has 21 heavy (non-hydrogen) atoms. The highest BCUT2D eigenvalue weighted by Gasteiger charge is 2.10. The molecule has 0 aromatic heterocycles. The molecule has 0 fully saturated rings. The lowest BCUT2D eigenvalue weighted by Crippen LogP contribution is -2.38. The van der Waals surface area contributed by atoms with Gasteiger partial charge in [-0.25, -0.2) is 4.39 Å². The minimum Gasteiger partial charge on any atom is -0.271 e. The summed E-state index contributed by atoms with van der Waals surface area (Å²) < 4.78 is 13.7. The van der Waals surface area contributed by atoms with Crippen LogP contribution in [0.1, 0.15) is 11.1 Å². The summed E-state index contributed by atoms with van der Waals surface area (Å²) in [5, 5.41) is 0. The maximum absolute atomic E-state index is 13.2. The molecule has 1 atom stereocenters. The molecule has 0 aliphatic rings. The Bertz CT molecular complexity index is 589. The van der Waals surface area contributed by atoms with E-state index in [2.05, 4.69) is 52.5 Å². The van der Waals surface area contributed by atoms with Gasteiger partial charge in [-0.2, -0.15) is 0 Å². The Hall–Kier alpha value is -0.880. The van der Waals surface area contributed by atoms with Crippen molar-refractivity contribution in [1.82, 2.24) is 5.43 Å². The molecule has 0 aliphatic heterocycles. The van der Waals surface area contributed by atoms with Gasteiger partial charge in [-0.3, -0.25) is 11.3 Å². The van der Waals surface area contributed by atoms with Gasteiger partial charge in [-0.05, 0) is 59.1 Å². The molecule has 0 spiro atoms. The number of aryl methyl sites for hydroxylation is 1. The number of halogens is 2. The average molecular weight is 369 g/mol. The van der Waals surface area contributed by atoms with E-state index in [0.717, 1.165) is 17.7 Å². The first-order chi connectivity index (χ1) is 10.1. The highest BCUT2D eigenvalue weighted by Crippen LogP contribution is 2.22. The molecule has 2 aromatic rings. The molecule has 0 radical (unpaired) electrons. The van der Waals surface area contributed by atoms with Gasteiger partial charge in [0, 0.05) is 16.7 Å². The number of benzene rings is 2. The van der Waals surface area contributed by atoms with Crippen molar-refractivity contribution in [2.45, 2.75) is 24.3 Å². The van der Waals surface area contributed by atoms with Crippen molar-refractivity contribution in [3.63, 3.8) is 0 Å². The molecule has 5 heteroatoms. The predicted molar refractivity (Wildman–Crippen MR) is 90.8 cm³/mol. The molecule has 1 unspecified atom stereocenters. The molecule has 2 nitrogen and oxygen atoms in total. The zero-order valence-electron chi connectivity index (χ0n) is 11.8. The largest absolute Gasteiger partial charge is 0.271 e. The standard InChI is InChI=1S/C16H18BrFN2S/c1-11-2-5-14(6-3-11)21-10-13(20-19)8-12-4-7-16(18)15(17)9-12/h2-7,9,13,20H,8,10,19H2,1H3. The molecule has 0 heterocycles. The molecule has 112 valence electrons. The Labute approximate surface area is 137 Å². The summed E-state index contributed by atoms with van der Waals surface area (Å²) in [7, 11) is 0. The van der Waals surface area contributed by atoms with Crippen LogP contribution in [-0.2, 0) is 6.42 Å². The summed E-state index contributed by atoms with van der Waals surface area (Å²) in [6.45, 7) is 2.07. The minimum absolute atomic E-state index is 0.133. The summed E-state index contributed by atoms with van der Waals surface area (Å²) in [6, 6.07) is 13.6. The van der Waals surface area contributed by atoms with E-state index in [-0.39, 0.29) is 11.9 Å². The van der Waals surface area contributed by atoms with E-state index in [1.54, 1.807) is 23.9 Å². The van der Waals surface area contributed by atoms with Crippen LogP contribution in [0.4, 0.5) is 4.39 Å². The maximum atomic E-state index is 13.2. The smallest absolute Gasteiger partial charge is 0.137 e. The molecule has 0 saturated heterocycles. The van der Waals surface area contributed by atoms with Crippen molar-refractivity contribution in [3.8, 4) is 0 Å². The zero-order valence-corrected chi connectivity index (χ0v) is 14.2. The highest BCUT2D eigenvalue weighted by molar-refractivity contribution is 9.10. The molecule has 3 N–H and O–H groups in total. The van der Waals surface area contributed by atoms with Gasteiger partial charge in [0.05, 0.1) is 4.47 Å². The van der Waals surface area contributed by atoms with Gasteiger partial charge in [-0.1, -0.05) is 23.8 Å². The Kier molecular flexibility index (Phi) is 6.23. The summed E-state index contributed by atoms with van der Waals surface area (Å²) in [4.78, 5) is 1.22. The fraction of sp³-hybridized carbons (Fsp3) is 0.250. The van der Waals surface area contributed by atoms with Gasteiger partial charge in [0.25, 0.3) is 0 Å². The van der Waals surface area contributed by atoms with Crippen molar-refractivity contribution in [2.24, 2.45) is 5.84 Å². The molecule has 0 saturated carbocycles. The van der Waals surface area contributed by atoms with Crippen LogP contribution in [0.25, 0.3) is 0 Å². The first kappa shape index (κ1) is 16.5. The van der Waals surface area contributed by atoms with Crippen LogP contribution in [0.5, 0.6) is 0 Å². The van der Waals surface area contributed by atoms with E-state index < -0.39 is 0 Å². The van der Waals surface area contributed by atoms with E-state index in [0.29, 0.717) is 4.47 Å². The first-order valence-corrected chi connectivity index (χ1v) is 8.46. The molecule has 0 amide bonds. The van der Waals surface area contributed by atoms with E-state index in [4.69, 9.17) is 5.84 Å². The fourth-order valence-electron chi connectivity index (χ4n) is 1.95. The van der Waals surface area contributed by atoms with E-state index in [9.17, 15) is 4.39 Å². The number of rotatable bonds is 6. The van der Waals surface area contributed by atoms with Crippen LogP contribution >= 0.6 is 27.7 Å². The van der Waals surface area contributed by atoms with Crippen LogP contribution < -0.4 is 11.3 Å². The van der Waals surface area contributed by atoms with E-state index >= 15 is 0 Å². The number of hydrogen-bond acceptors (Lipinski definition) is 3. The van der Waals surface area contributed by atoms with Crippen molar-refractivity contribution < 1.29 is 4.39 Å². The molecular formula is C16H18BrFN2S. The van der Waals surface area contributed by atoms with Crippen molar-refractivity contribution in [2.75, 3.05) is 5.75 Å². The first-order valence-electron chi connectivity index (χ1n) is 6.68. The van der Waals surface area contributed by atoms with Gasteiger partial charge in [-0.15, -0.1) is 11.8 Å². The Morgan fingerprint density at radius 2 is 1.95 bits per heavy atom. The minimum atomic E-state index is -0.245. The zero-order chi connectivity index (χ0) is 15.2. The van der Waals surface area contributed by atoms with E-state index in [1.165, 1.54) is 16.5 Å². The third kappa shape index (κ3) is 5.11. The number of nitrogens with two attached hydrogens (primary N) is 1. The second kappa shape index (κ2) is 7.94. The van der Waals surface area contributed by atoms with Crippen LogP contribution in [-0.4, -0.2) is 11.8 Å². The molecular weight excluding hydrogens is 351 g/mol. The summed E-state index contributed by atoms with van der Waals surface area (Å²) in [5.74, 6) is 6.24. The lowest BCUT2D eigenvalue weighted by atomic mass is 10.1. The molecule has 2 aromatic carbocycles. The van der Waals surface area contributed by atoms with Crippen LogP contribution in [0.15, 0.2) is 51.8 Å². The maximum Gasteiger partial charge on any atom is 0.137 e. The SMILES string of the molecule is Cc1ccc(SCC(Cc2ccc(F)c(Br)c2)NN)cc1. The Morgan fingerprint density at radius 1 is 1.24 bits per heavy atom. The molecule has 2 rings (SSSR count). The van der Waals surface area contributed by atoms with Crippen LogP contribution in [0.3, 0.4) is 0 Å². The Morgan fingerprint density at radius 3 is 2.57 bits per heavy atom. The van der Waals surface area contributed by atoms with Gasteiger partial charge in [0.2, 0.25) is 0 Å². The van der Waals surface area contributed by atoms with Gasteiger partial charge in [0.1, 0.15) is 5.82 Å². The average Bonchev–Trinajstić information content (AvgIpc) is 2.49. The Balaban J connectivity index is 1.93. The lowest BCUT2D eigenvalue weighted by molar-refractivity contribution is 0.573. The second-order valence-electron chi connectivity index (χ2n) is 4.94. The van der Waals surface area contributed by atoms with Crippen molar-refractivity contribution >= 4 is 27.7 Å². The highest BCUT2D eigenvalue weighted by atomic mass is 79.9. The lowest BCUT2D eigenvalue weighted by Gasteiger charge is -2.16. The van der Waals surface area contributed by atoms with Crippen LogP contribution in [0.2, 0.25) is 0 Å². The monoisotopic (exact) mass is 368 g/mol. The van der Waals surface area contributed by atoms with E-state index in [1.807, 2.05) is 0 Å². The topological polar surface area (TPSA) is 38.0 Å². The third-order valence-electron chi connectivity index (χ3n) is 3.17. The number of hydrogen-bond donors (Lipinski definition) is 2. The number of nitrogens with one attached hydrogen (secondary N) is 1. The second-order valence-corrected chi connectivity index (χ2v) is 6.89. The summed E-state index contributed by atoms with van der Waals surface area (Å²) >= 11 is 4.97. The number of thioether (sulfide) groups is 1. The summed E-state index contributed by atoms with van der Waals surface area (Å²) in [5.41, 5.74) is 5.14. The van der Waals surface area contributed by atoms with Crippen molar-refractivity contribution in [3.05, 3.63) is 63.9 Å². The molecule has 0 bridgehead atoms. The fourth-order valence-corrected chi connectivity index (χ4v) is 3.31. The van der Waals surface area contributed by atoms with Gasteiger partial charge >= 0.3 is 0 Å². The normalized spacial score (nSPS) is 12.4. The summed E-state index contributed by atoms with van der Waals surface area (Å²) in [6.07, 6.45) is 0.758. The van der Waals surface area contributed by atoms with Gasteiger partial charge in [0.15, 0.2) is 0 Å². The van der Waals surface area contributed by atoms with Gasteiger partial charge < -0.3 is 0 Å². The third-order valence-corrected chi connectivity index (χ3v) is 4.96. The quantitative estimate of drug-likeness (QED) is 0.458. The predicted octanol–water partition coefficient (Wildman–Crippen LogP) is 4.06.